The summed E-state index contributed by atoms with van der Waals surface area (Å²) in [5.41, 5.74) is 0. The fourth-order valence-electron chi connectivity index (χ4n) is 1.90. The number of carbonyl (C=O) groups is 1. The summed E-state index contributed by atoms with van der Waals surface area (Å²) in [6.07, 6.45) is 2.27. The van der Waals surface area contributed by atoms with E-state index >= 15 is 0 Å². The van der Waals surface area contributed by atoms with E-state index in [4.69, 9.17) is 0 Å². The van der Waals surface area contributed by atoms with Crippen molar-refractivity contribution in [2.24, 2.45) is 0 Å². The van der Waals surface area contributed by atoms with E-state index in [0.717, 1.165) is 39.0 Å². The number of carbonyl (C=O) groups excluding carboxylic acids is 1. The van der Waals surface area contributed by atoms with Gasteiger partial charge in [0, 0.05) is 12.6 Å². The highest BCUT2D eigenvalue weighted by molar-refractivity contribution is 5.78. The van der Waals surface area contributed by atoms with E-state index in [1.165, 1.54) is 0 Å². The molecule has 0 bridgehead atoms. The fourth-order valence-corrected chi connectivity index (χ4v) is 1.90. The van der Waals surface area contributed by atoms with Gasteiger partial charge in [0.15, 0.2) is 0 Å². The molecule has 15 heavy (non-hydrogen) atoms. The summed E-state index contributed by atoms with van der Waals surface area (Å²) in [6, 6.07) is 0.335. The van der Waals surface area contributed by atoms with Crippen LogP contribution in [0.3, 0.4) is 0 Å². The molecule has 0 aromatic carbocycles. The Morgan fingerprint density at radius 3 is 2.73 bits per heavy atom. The Morgan fingerprint density at radius 2 is 2.20 bits per heavy atom. The summed E-state index contributed by atoms with van der Waals surface area (Å²) < 4.78 is 0. The summed E-state index contributed by atoms with van der Waals surface area (Å²) in [5, 5.41) is 6.37. The highest BCUT2D eigenvalue weighted by atomic mass is 16.2. The van der Waals surface area contributed by atoms with Gasteiger partial charge in [0.05, 0.1) is 6.54 Å². The van der Waals surface area contributed by atoms with E-state index in [-0.39, 0.29) is 5.91 Å². The van der Waals surface area contributed by atoms with Gasteiger partial charge in [-0.2, -0.15) is 0 Å². The molecule has 1 unspecified atom stereocenters. The van der Waals surface area contributed by atoms with Gasteiger partial charge in [-0.15, -0.1) is 0 Å². The van der Waals surface area contributed by atoms with Crippen LogP contribution in [0.25, 0.3) is 0 Å². The normalized spacial score (nSPS) is 21.7. The Bertz CT molecular complexity index is 186. The molecule has 0 aromatic rings. The molecule has 1 rings (SSSR count). The molecule has 88 valence electrons. The molecule has 1 amide bonds. The summed E-state index contributed by atoms with van der Waals surface area (Å²) in [4.78, 5) is 13.8. The third kappa shape index (κ3) is 4.62. The average Bonchev–Trinajstić information content (AvgIpc) is 2.27. The van der Waals surface area contributed by atoms with E-state index < -0.39 is 0 Å². The minimum Gasteiger partial charge on any atom is -0.351 e. The predicted molar refractivity (Wildman–Crippen MR) is 61.8 cm³/mol. The zero-order chi connectivity index (χ0) is 11.1. The number of amides is 1. The van der Waals surface area contributed by atoms with Gasteiger partial charge in [0.25, 0.3) is 0 Å². The molecule has 4 nitrogen and oxygen atoms in total. The number of nitrogens with one attached hydrogen (secondary N) is 2. The molecule has 0 aliphatic carbocycles. The van der Waals surface area contributed by atoms with Gasteiger partial charge in [-0.1, -0.05) is 13.8 Å². The first kappa shape index (κ1) is 12.5. The average molecular weight is 213 g/mol. The first-order chi connectivity index (χ1) is 7.26. The van der Waals surface area contributed by atoms with E-state index in [1.54, 1.807) is 0 Å². The van der Waals surface area contributed by atoms with Crippen LogP contribution in [0.15, 0.2) is 0 Å². The Hall–Kier alpha value is -0.610. The van der Waals surface area contributed by atoms with Crippen LogP contribution in [0, 0.1) is 0 Å². The van der Waals surface area contributed by atoms with Crippen LogP contribution in [-0.2, 0) is 4.79 Å². The van der Waals surface area contributed by atoms with Crippen LogP contribution < -0.4 is 10.6 Å². The second kappa shape index (κ2) is 6.80. The second-order valence-corrected chi connectivity index (χ2v) is 4.07. The highest BCUT2D eigenvalue weighted by Gasteiger charge is 2.16. The maximum atomic E-state index is 11.7. The van der Waals surface area contributed by atoms with Crippen LogP contribution in [-0.4, -0.2) is 49.6 Å². The topological polar surface area (TPSA) is 44.4 Å². The van der Waals surface area contributed by atoms with Crippen molar-refractivity contribution in [2.45, 2.75) is 32.7 Å². The minimum absolute atomic E-state index is 0.160. The van der Waals surface area contributed by atoms with Crippen molar-refractivity contribution in [3.8, 4) is 0 Å². The quantitative estimate of drug-likeness (QED) is 0.685. The molecule has 1 aliphatic rings. The molecule has 1 heterocycles. The zero-order valence-corrected chi connectivity index (χ0v) is 9.88. The van der Waals surface area contributed by atoms with Crippen molar-refractivity contribution in [1.82, 2.24) is 15.5 Å². The van der Waals surface area contributed by atoms with Gasteiger partial charge >= 0.3 is 0 Å². The Kier molecular flexibility index (Phi) is 5.65. The molecular formula is C11H23N3O. The van der Waals surface area contributed by atoms with Crippen LogP contribution in [0.1, 0.15) is 26.7 Å². The summed E-state index contributed by atoms with van der Waals surface area (Å²) >= 11 is 0. The minimum atomic E-state index is 0.160. The van der Waals surface area contributed by atoms with Crippen LogP contribution in [0.4, 0.5) is 0 Å². The van der Waals surface area contributed by atoms with Gasteiger partial charge < -0.3 is 10.6 Å². The number of likely N-dealkylation sites (N-methyl/N-ethyl adjacent to an activating group) is 1. The summed E-state index contributed by atoms with van der Waals surface area (Å²) in [5.74, 6) is 0.160. The maximum Gasteiger partial charge on any atom is 0.234 e. The molecule has 4 heteroatoms. The van der Waals surface area contributed by atoms with E-state index in [2.05, 4.69) is 29.4 Å². The Balaban J connectivity index is 2.21. The lowest BCUT2D eigenvalue weighted by Gasteiger charge is -2.25. The van der Waals surface area contributed by atoms with Crippen molar-refractivity contribution < 1.29 is 4.79 Å². The monoisotopic (exact) mass is 213 g/mol. The summed E-state index contributed by atoms with van der Waals surface area (Å²) in [7, 11) is 0. The zero-order valence-electron chi connectivity index (χ0n) is 9.88. The molecule has 1 fully saturated rings. The number of rotatable bonds is 5. The SMILES string of the molecule is CCN(CC)CC(=O)NC1CCCNC1. The lowest BCUT2D eigenvalue weighted by molar-refractivity contribution is -0.123. The van der Waals surface area contributed by atoms with Gasteiger partial charge in [-0.25, -0.2) is 0 Å². The van der Waals surface area contributed by atoms with Gasteiger partial charge in [0.2, 0.25) is 5.91 Å². The summed E-state index contributed by atoms with van der Waals surface area (Å²) in [6.45, 7) is 8.58. The van der Waals surface area contributed by atoms with Crippen molar-refractivity contribution in [2.75, 3.05) is 32.7 Å². The molecule has 0 aromatic heterocycles. The fraction of sp³-hybridized carbons (Fsp3) is 0.909. The molecule has 1 saturated heterocycles. The largest absolute Gasteiger partial charge is 0.351 e. The molecule has 0 spiro atoms. The predicted octanol–water partition coefficient (Wildman–Crippen LogP) is 0.196. The van der Waals surface area contributed by atoms with Crippen molar-refractivity contribution >= 4 is 5.91 Å². The first-order valence-electron chi connectivity index (χ1n) is 5.98. The van der Waals surface area contributed by atoms with Crippen molar-refractivity contribution in [3.05, 3.63) is 0 Å². The Labute approximate surface area is 92.4 Å². The first-order valence-corrected chi connectivity index (χ1v) is 5.98. The van der Waals surface area contributed by atoms with Gasteiger partial charge in [-0.05, 0) is 32.5 Å². The van der Waals surface area contributed by atoms with Gasteiger partial charge in [0.1, 0.15) is 0 Å². The molecule has 1 atom stereocenters. The van der Waals surface area contributed by atoms with Crippen molar-refractivity contribution in [1.29, 1.82) is 0 Å². The molecule has 2 N–H and O–H groups in total. The Morgan fingerprint density at radius 1 is 1.47 bits per heavy atom. The van der Waals surface area contributed by atoms with E-state index in [1.807, 2.05) is 0 Å². The van der Waals surface area contributed by atoms with E-state index in [9.17, 15) is 4.79 Å². The lowest BCUT2D eigenvalue weighted by Crippen LogP contribution is -2.48. The number of nitrogens with zero attached hydrogens (tertiary/aromatic N) is 1. The van der Waals surface area contributed by atoms with Gasteiger partial charge in [-0.3, -0.25) is 9.69 Å². The lowest BCUT2D eigenvalue weighted by atomic mass is 10.1. The third-order valence-electron chi connectivity index (χ3n) is 2.92. The molecular weight excluding hydrogens is 190 g/mol. The van der Waals surface area contributed by atoms with Crippen LogP contribution >= 0.6 is 0 Å². The number of piperidine rings is 1. The third-order valence-corrected chi connectivity index (χ3v) is 2.92. The molecule has 0 saturated carbocycles. The van der Waals surface area contributed by atoms with Crippen molar-refractivity contribution in [3.63, 3.8) is 0 Å². The van der Waals surface area contributed by atoms with Crippen LogP contribution in [0.5, 0.6) is 0 Å². The standard InChI is InChI=1S/C11H23N3O/c1-3-14(4-2)9-11(15)13-10-6-5-7-12-8-10/h10,12H,3-9H2,1-2H3,(H,13,15). The highest BCUT2D eigenvalue weighted by Crippen LogP contribution is 2.01. The van der Waals surface area contributed by atoms with E-state index in [0.29, 0.717) is 12.6 Å². The molecule has 0 radical (unpaired) electrons. The second-order valence-electron chi connectivity index (χ2n) is 4.07. The van der Waals surface area contributed by atoms with Crippen LogP contribution in [0.2, 0.25) is 0 Å². The number of hydrogen-bond donors (Lipinski definition) is 2. The maximum absolute atomic E-state index is 11.7. The molecule has 1 aliphatic heterocycles. The number of hydrogen-bond acceptors (Lipinski definition) is 3. The smallest absolute Gasteiger partial charge is 0.234 e.